The molecule has 36 heavy (non-hydrogen) atoms. The molecular weight excluding hydrogens is 474 g/mol. The second kappa shape index (κ2) is 9.41. The maximum absolute atomic E-state index is 13.4. The molecule has 4 aliphatic heterocycles. The zero-order chi connectivity index (χ0) is 24.9. The second-order valence-electron chi connectivity index (χ2n) is 10.9. The summed E-state index contributed by atoms with van der Waals surface area (Å²) in [6.45, 7) is 7.63. The summed E-state index contributed by atoms with van der Waals surface area (Å²) in [6.07, 6.45) is 6.23. The number of likely N-dealkylation sites (tertiary alicyclic amines) is 1. The fourth-order valence-electron chi connectivity index (χ4n) is 7.29. The van der Waals surface area contributed by atoms with E-state index < -0.39 is 0 Å². The van der Waals surface area contributed by atoms with Crippen LogP contribution in [0.5, 0.6) is 0 Å². The van der Waals surface area contributed by atoms with Gasteiger partial charge in [-0.15, -0.1) is 5.10 Å². The monoisotopic (exact) mass is 509 g/mol. The lowest BCUT2D eigenvalue weighted by Crippen LogP contribution is -2.57. The van der Waals surface area contributed by atoms with Crippen molar-refractivity contribution in [1.29, 1.82) is 0 Å². The van der Waals surface area contributed by atoms with Crippen LogP contribution in [0.3, 0.4) is 0 Å². The fourth-order valence-corrected chi connectivity index (χ4v) is 7.91. The molecule has 0 aliphatic carbocycles. The first-order valence-corrected chi connectivity index (χ1v) is 14.1. The van der Waals surface area contributed by atoms with Crippen molar-refractivity contribution in [2.45, 2.75) is 82.5 Å². The van der Waals surface area contributed by atoms with E-state index in [9.17, 15) is 9.59 Å². The summed E-state index contributed by atoms with van der Waals surface area (Å²) in [6, 6.07) is 9.83. The van der Waals surface area contributed by atoms with Crippen molar-refractivity contribution >= 4 is 23.5 Å². The van der Waals surface area contributed by atoms with Crippen LogP contribution in [0.25, 0.3) is 0 Å². The van der Waals surface area contributed by atoms with Crippen molar-refractivity contribution in [2.75, 3.05) is 26.2 Å². The van der Waals surface area contributed by atoms with E-state index in [1.807, 2.05) is 23.6 Å². The van der Waals surface area contributed by atoms with Gasteiger partial charge in [-0.2, -0.15) is 0 Å². The normalized spacial score (nSPS) is 27.2. The van der Waals surface area contributed by atoms with Gasteiger partial charge in [-0.05, 0) is 88.1 Å². The largest absolute Gasteiger partial charge is 0.450 e. The molecule has 4 aliphatic rings. The number of carbonyl (C=O) groups excluding carboxylic acids is 2. The number of aromatic nitrogens is 2. The molecule has 9 heteroatoms. The molecule has 0 radical (unpaired) electrons. The Morgan fingerprint density at radius 2 is 1.83 bits per heavy atom. The minimum Gasteiger partial charge on any atom is -0.450 e. The van der Waals surface area contributed by atoms with Gasteiger partial charge in [0.2, 0.25) is 0 Å². The Kier molecular flexibility index (Phi) is 6.24. The summed E-state index contributed by atoms with van der Waals surface area (Å²) in [4.78, 5) is 33.3. The molecule has 3 fully saturated rings. The van der Waals surface area contributed by atoms with Crippen LogP contribution >= 0.6 is 11.5 Å². The number of hydrogen-bond donors (Lipinski definition) is 0. The van der Waals surface area contributed by atoms with Gasteiger partial charge in [-0.1, -0.05) is 28.8 Å². The first-order valence-electron chi connectivity index (χ1n) is 13.3. The summed E-state index contributed by atoms with van der Waals surface area (Å²) >= 11 is 1.20. The molecule has 2 atom stereocenters. The molecule has 5 heterocycles. The minimum absolute atomic E-state index is 0.0162. The zero-order valence-electron chi connectivity index (χ0n) is 21.2. The van der Waals surface area contributed by atoms with Crippen LogP contribution in [-0.2, 0) is 16.7 Å². The van der Waals surface area contributed by atoms with E-state index in [4.69, 9.17) is 4.74 Å². The van der Waals surface area contributed by atoms with Gasteiger partial charge < -0.3 is 19.4 Å². The van der Waals surface area contributed by atoms with Gasteiger partial charge in [0.05, 0.1) is 12.3 Å². The lowest BCUT2D eigenvalue weighted by Gasteiger charge is -2.51. The highest BCUT2D eigenvalue weighted by molar-refractivity contribution is 7.07. The Morgan fingerprint density at radius 3 is 2.50 bits per heavy atom. The number of aryl methyl sites for hydroxylation is 1. The number of hydrogen-bond acceptors (Lipinski definition) is 7. The number of piperidine rings is 2. The smallest absolute Gasteiger partial charge is 0.410 e. The molecule has 192 valence electrons. The number of ether oxygens (including phenoxy) is 1. The highest BCUT2D eigenvalue weighted by Crippen LogP contribution is 2.45. The van der Waals surface area contributed by atoms with Crippen LogP contribution in [0.15, 0.2) is 24.3 Å². The third kappa shape index (κ3) is 4.00. The van der Waals surface area contributed by atoms with E-state index in [1.54, 1.807) is 0 Å². The molecule has 1 spiro atoms. The first-order chi connectivity index (χ1) is 17.5. The molecule has 2 bridgehead atoms. The van der Waals surface area contributed by atoms with E-state index in [1.165, 1.54) is 22.7 Å². The fraction of sp³-hybridized carbons (Fsp3) is 0.630. The van der Waals surface area contributed by atoms with Gasteiger partial charge in [-0.3, -0.25) is 4.79 Å². The van der Waals surface area contributed by atoms with E-state index >= 15 is 0 Å². The zero-order valence-corrected chi connectivity index (χ0v) is 22.0. The molecule has 2 amide bonds. The second-order valence-corrected chi connectivity index (χ2v) is 11.7. The molecule has 1 aromatic carbocycles. The van der Waals surface area contributed by atoms with Crippen molar-refractivity contribution in [1.82, 2.24) is 24.3 Å². The number of rotatable bonds is 3. The van der Waals surface area contributed by atoms with Gasteiger partial charge in [0.25, 0.3) is 5.91 Å². The summed E-state index contributed by atoms with van der Waals surface area (Å²) in [5.41, 5.74) is 3.39. The van der Waals surface area contributed by atoms with E-state index in [0.717, 1.165) is 63.9 Å². The molecule has 2 aromatic rings. The Morgan fingerprint density at radius 1 is 1.11 bits per heavy atom. The van der Waals surface area contributed by atoms with Gasteiger partial charge in [0, 0.05) is 36.6 Å². The van der Waals surface area contributed by atoms with Gasteiger partial charge in [0.15, 0.2) is 0 Å². The molecule has 1 aromatic heterocycles. The minimum atomic E-state index is -0.129. The van der Waals surface area contributed by atoms with Crippen molar-refractivity contribution in [3.05, 3.63) is 46.0 Å². The third-order valence-corrected chi connectivity index (χ3v) is 9.85. The number of benzene rings is 1. The van der Waals surface area contributed by atoms with E-state index in [-0.39, 0.29) is 17.4 Å². The van der Waals surface area contributed by atoms with Crippen molar-refractivity contribution in [3.63, 3.8) is 0 Å². The lowest BCUT2D eigenvalue weighted by molar-refractivity contribution is 0.0192. The van der Waals surface area contributed by atoms with Crippen LogP contribution < -0.4 is 0 Å². The van der Waals surface area contributed by atoms with E-state index in [0.29, 0.717) is 36.2 Å². The molecule has 0 N–H and O–H groups in total. The average Bonchev–Trinajstić information content (AvgIpc) is 3.43. The summed E-state index contributed by atoms with van der Waals surface area (Å²) in [5.74, 6) is 0.0571. The standard InChI is InChI=1S/C27H35N5O3S/c1-3-35-26(34)32-20-8-9-21(32)15-22(14-20)30-12-10-27(11-13-30)17-31(16-19-6-4-5-7-23(19)27)25(33)24-18(2)28-29-36-24/h4-7,20-22H,3,8-17H2,1-2H3. The van der Waals surface area contributed by atoms with Crippen LogP contribution in [0, 0.1) is 6.92 Å². The van der Waals surface area contributed by atoms with Gasteiger partial charge in [-0.25, -0.2) is 4.79 Å². The number of amides is 2. The van der Waals surface area contributed by atoms with Crippen LogP contribution in [0.1, 0.15) is 71.9 Å². The van der Waals surface area contributed by atoms with Crippen molar-refractivity contribution in [3.8, 4) is 0 Å². The molecule has 2 unspecified atom stereocenters. The molecule has 8 nitrogen and oxygen atoms in total. The SMILES string of the molecule is CCOC(=O)N1C2CCC1CC(N1CCC3(CC1)CN(C(=O)c1snnc1C)Cc1ccccc13)C2. The molecule has 0 saturated carbocycles. The van der Waals surface area contributed by atoms with Gasteiger partial charge >= 0.3 is 6.09 Å². The Labute approximate surface area is 216 Å². The number of nitrogens with zero attached hydrogens (tertiary/aromatic N) is 5. The number of fused-ring (bicyclic) bond motifs is 4. The highest BCUT2D eigenvalue weighted by Gasteiger charge is 2.48. The highest BCUT2D eigenvalue weighted by atomic mass is 32.1. The van der Waals surface area contributed by atoms with Crippen LogP contribution in [-0.4, -0.2) is 80.7 Å². The first kappa shape index (κ1) is 23.9. The Balaban J connectivity index is 1.18. The van der Waals surface area contributed by atoms with Crippen molar-refractivity contribution in [2.24, 2.45) is 0 Å². The summed E-state index contributed by atoms with van der Waals surface area (Å²) < 4.78 is 9.35. The predicted molar refractivity (Wildman–Crippen MR) is 137 cm³/mol. The third-order valence-electron chi connectivity index (χ3n) is 9.03. The molecule has 6 rings (SSSR count). The summed E-state index contributed by atoms with van der Waals surface area (Å²) in [7, 11) is 0. The lowest BCUT2D eigenvalue weighted by atomic mass is 9.68. The maximum atomic E-state index is 13.4. The van der Waals surface area contributed by atoms with Crippen LogP contribution in [0.4, 0.5) is 4.79 Å². The van der Waals surface area contributed by atoms with Crippen molar-refractivity contribution < 1.29 is 14.3 Å². The Hall–Kier alpha value is -2.52. The topological polar surface area (TPSA) is 78.9 Å². The maximum Gasteiger partial charge on any atom is 0.410 e. The van der Waals surface area contributed by atoms with E-state index in [2.05, 4.69) is 38.8 Å². The average molecular weight is 510 g/mol. The quantitative estimate of drug-likeness (QED) is 0.623. The summed E-state index contributed by atoms with van der Waals surface area (Å²) in [5, 5.41) is 4.07. The van der Waals surface area contributed by atoms with Crippen LogP contribution in [0.2, 0.25) is 0 Å². The molecule has 3 saturated heterocycles. The Bertz CT molecular complexity index is 1130. The van der Waals surface area contributed by atoms with Gasteiger partial charge in [0.1, 0.15) is 4.88 Å². The molecular formula is C27H35N5O3S. The number of carbonyl (C=O) groups is 2. The predicted octanol–water partition coefficient (Wildman–Crippen LogP) is 3.99.